The molecular formula is C21H34NO6+. The smallest absolute Gasteiger partial charge is 0.328 e. The number of nitrogens with zero attached hydrogens (tertiary/aromatic N) is 1. The summed E-state index contributed by atoms with van der Waals surface area (Å²) >= 11 is 0. The van der Waals surface area contributed by atoms with Gasteiger partial charge in [0.05, 0.1) is 27.6 Å². The number of hydrogen-bond acceptors (Lipinski definition) is 4. The van der Waals surface area contributed by atoms with Crippen LogP contribution in [0.1, 0.15) is 44.9 Å². The second-order valence-corrected chi connectivity index (χ2v) is 7.65. The third kappa shape index (κ3) is 18.4. The monoisotopic (exact) mass is 396 g/mol. The highest BCUT2D eigenvalue weighted by Gasteiger charge is 2.24. The summed E-state index contributed by atoms with van der Waals surface area (Å²) in [5, 5.41) is 17.4. The number of carboxylic acid groups (broad SMARTS) is 2. The Balaban J connectivity index is 3.90. The third-order valence-electron chi connectivity index (χ3n) is 3.66. The fourth-order valence-corrected chi connectivity index (χ4v) is 2.52. The molecule has 0 rings (SSSR count). The maximum Gasteiger partial charge on any atom is 0.328 e. The highest BCUT2D eigenvalue weighted by molar-refractivity contribution is 5.80. The summed E-state index contributed by atoms with van der Waals surface area (Å²) in [6.45, 7) is 0.463. The molecule has 1 atom stereocenters. The van der Waals surface area contributed by atoms with E-state index in [1.54, 1.807) is 12.2 Å². The van der Waals surface area contributed by atoms with Gasteiger partial charge in [0.15, 0.2) is 6.10 Å². The van der Waals surface area contributed by atoms with E-state index in [1.165, 1.54) is 6.08 Å². The molecule has 7 heteroatoms. The number of esters is 1. The van der Waals surface area contributed by atoms with E-state index in [9.17, 15) is 14.4 Å². The van der Waals surface area contributed by atoms with Crippen molar-refractivity contribution in [2.24, 2.45) is 0 Å². The average Bonchev–Trinajstić information content (AvgIpc) is 2.53. The van der Waals surface area contributed by atoms with Crippen LogP contribution in [0.15, 0.2) is 36.5 Å². The van der Waals surface area contributed by atoms with E-state index in [2.05, 4.69) is 0 Å². The summed E-state index contributed by atoms with van der Waals surface area (Å²) in [6.07, 6.45) is 14.0. The molecular weight excluding hydrogens is 362 g/mol. The molecule has 0 radical (unpaired) electrons. The molecule has 158 valence electrons. The van der Waals surface area contributed by atoms with Crippen molar-refractivity contribution in [3.05, 3.63) is 36.5 Å². The van der Waals surface area contributed by atoms with Gasteiger partial charge in [0.2, 0.25) is 0 Å². The second kappa shape index (κ2) is 14.6. The molecule has 7 nitrogen and oxygen atoms in total. The zero-order valence-electron chi connectivity index (χ0n) is 17.2. The first-order valence-corrected chi connectivity index (χ1v) is 9.54. The molecule has 0 saturated heterocycles. The fraction of sp³-hybridized carbons (Fsp3) is 0.571. The maximum atomic E-state index is 11.9. The molecule has 0 amide bonds. The predicted octanol–water partition coefficient (Wildman–Crippen LogP) is 3.17. The molecule has 1 unspecified atom stereocenters. The van der Waals surface area contributed by atoms with Gasteiger partial charge in [-0.25, -0.2) is 4.79 Å². The molecule has 0 bridgehead atoms. The number of hydrogen-bond donors (Lipinski definition) is 2. The topological polar surface area (TPSA) is 101 Å². The first-order valence-electron chi connectivity index (χ1n) is 9.54. The van der Waals surface area contributed by atoms with E-state index < -0.39 is 18.0 Å². The Kier molecular flexibility index (Phi) is 13.4. The number of aliphatic carboxylic acids is 2. The number of unbranched alkanes of at least 4 members (excludes halogenated alkanes) is 4. The van der Waals surface area contributed by atoms with Crippen LogP contribution in [0.4, 0.5) is 0 Å². The highest BCUT2D eigenvalue weighted by atomic mass is 16.5. The quantitative estimate of drug-likeness (QED) is 0.145. The first-order chi connectivity index (χ1) is 13.1. The van der Waals surface area contributed by atoms with Gasteiger partial charge in [-0.05, 0) is 19.3 Å². The molecule has 0 aliphatic rings. The Morgan fingerprint density at radius 3 is 2.18 bits per heavy atom. The van der Waals surface area contributed by atoms with Gasteiger partial charge in [-0.1, -0.05) is 43.2 Å². The van der Waals surface area contributed by atoms with Gasteiger partial charge >= 0.3 is 17.9 Å². The number of ether oxygens (including phenoxy) is 1. The lowest BCUT2D eigenvalue weighted by atomic mass is 10.1. The van der Waals surface area contributed by atoms with Crippen LogP contribution >= 0.6 is 0 Å². The van der Waals surface area contributed by atoms with Crippen LogP contribution in [0.5, 0.6) is 0 Å². The minimum atomic E-state index is -0.969. The zero-order valence-corrected chi connectivity index (χ0v) is 17.2. The molecule has 2 N–H and O–H groups in total. The van der Waals surface area contributed by atoms with Crippen LogP contribution in [0.3, 0.4) is 0 Å². The number of carbonyl (C=O) groups is 3. The van der Waals surface area contributed by atoms with E-state index >= 15 is 0 Å². The molecule has 28 heavy (non-hydrogen) atoms. The minimum Gasteiger partial charge on any atom is -0.481 e. The lowest BCUT2D eigenvalue weighted by molar-refractivity contribution is -0.873. The number of rotatable bonds is 15. The molecule has 0 aromatic heterocycles. The number of allylic oxidation sites excluding steroid dienone is 5. The SMILES string of the molecule is C[N+](C)(C)CC(CC(=O)O)OC(=O)CCCCCC/C=C/C=C/C=C/C(=O)O. The Hall–Kier alpha value is -2.41. The standard InChI is InChI=1S/C21H33NO6/c1-22(2,3)17-18(16-20(25)26)28-21(27)15-13-11-9-7-5-4-6-8-10-12-14-19(23)24/h4,6,8,10,12,14,18H,5,7,9,11,13,15-17H2,1-3H3,(H-,23,24,25,26)/p+1/b6-4+,10-8+,14-12+. The summed E-state index contributed by atoms with van der Waals surface area (Å²) in [4.78, 5) is 33.1. The molecule has 0 aliphatic heterocycles. The van der Waals surface area contributed by atoms with Crippen molar-refractivity contribution >= 4 is 17.9 Å². The van der Waals surface area contributed by atoms with Crippen molar-refractivity contribution in [2.75, 3.05) is 27.7 Å². The van der Waals surface area contributed by atoms with Gasteiger partial charge < -0.3 is 19.4 Å². The summed E-state index contributed by atoms with van der Waals surface area (Å²) in [6, 6.07) is 0. The van der Waals surface area contributed by atoms with Gasteiger partial charge in [-0.15, -0.1) is 0 Å². The minimum absolute atomic E-state index is 0.172. The van der Waals surface area contributed by atoms with Gasteiger partial charge in [-0.3, -0.25) is 9.59 Å². The zero-order chi connectivity index (χ0) is 21.4. The van der Waals surface area contributed by atoms with E-state index in [4.69, 9.17) is 14.9 Å². The normalized spacial score (nSPS) is 13.4. The Bertz CT molecular complexity index is 572. The summed E-state index contributed by atoms with van der Waals surface area (Å²) in [7, 11) is 5.79. The van der Waals surface area contributed by atoms with E-state index in [0.717, 1.165) is 38.2 Å². The van der Waals surface area contributed by atoms with Crippen molar-refractivity contribution in [1.29, 1.82) is 0 Å². The lowest BCUT2D eigenvalue weighted by Gasteiger charge is -2.28. The van der Waals surface area contributed by atoms with Gasteiger partial charge in [0, 0.05) is 12.5 Å². The van der Waals surface area contributed by atoms with Gasteiger partial charge in [0.1, 0.15) is 6.54 Å². The predicted molar refractivity (Wildman–Crippen MR) is 108 cm³/mol. The Labute approximate surface area is 167 Å². The van der Waals surface area contributed by atoms with Crippen molar-refractivity contribution in [1.82, 2.24) is 0 Å². The average molecular weight is 397 g/mol. The molecule has 0 aromatic rings. The number of likely N-dealkylation sites (N-methyl/N-ethyl adjacent to an activating group) is 1. The Morgan fingerprint density at radius 2 is 1.57 bits per heavy atom. The van der Waals surface area contributed by atoms with E-state index in [0.29, 0.717) is 17.4 Å². The second-order valence-electron chi connectivity index (χ2n) is 7.65. The largest absolute Gasteiger partial charge is 0.481 e. The first kappa shape index (κ1) is 25.6. The molecule has 0 aromatic carbocycles. The van der Waals surface area contributed by atoms with Crippen LogP contribution in [0.25, 0.3) is 0 Å². The summed E-state index contributed by atoms with van der Waals surface area (Å²) in [5.74, 6) is -2.27. The molecule has 0 aliphatic carbocycles. The highest BCUT2D eigenvalue weighted by Crippen LogP contribution is 2.10. The van der Waals surface area contributed by atoms with Crippen molar-refractivity contribution < 1.29 is 33.8 Å². The Morgan fingerprint density at radius 1 is 0.929 bits per heavy atom. The number of quaternary nitrogens is 1. The number of carboxylic acids is 2. The van der Waals surface area contributed by atoms with Crippen molar-refractivity contribution in [2.45, 2.75) is 51.0 Å². The van der Waals surface area contributed by atoms with Crippen LogP contribution < -0.4 is 0 Å². The van der Waals surface area contributed by atoms with Crippen LogP contribution in [-0.4, -0.2) is 66.4 Å². The molecule has 0 fully saturated rings. The summed E-state index contributed by atoms with van der Waals surface area (Å²) in [5.41, 5.74) is 0. The summed E-state index contributed by atoms with van der Waals surface area (Å²) < 4.78 is 5.88. The molecule has 0 saturated carbocycles. The van der Waals surface area contributed by atoms with Crippen LogP contribution in [0.2, 0.25) is 0 Å². The van der Waals surface area contributed by atoms with E-state index in [1.807, 2.05) is 33.3 Å². The van der Waals surface area contributed by atoms with Crippen molar-refractivity contribution in [3.63, 3.8) is 0 Å². The lowest BCUT2D eigenvalue weighted by Crippen LogP contribution is -2.43. The maximum absolute atomic E-state index is 11.9. The van der Waals surface area contributed by atoms with E-state index in [-0.39, 0.29) is 12.4 Å². The number of carbonyl (C=O) groups excluding carboxylic acids is 1. The fourth-order valence-electron chi connectivity index (χ4n) is 2.52. The van der Waals surface area contributed by atoms with Crippen molar-refractivity contribution in [3.8, 4) is 0 Å². The van der Waals surface area contributed by atoms with Crippen LogP contribution in [-0.2, 0) is 19.1 Å². The molecule has 0 spiro atoms. The molecule has 0 heterocycles. The van der Waals surface area contributed by atoms with Gasteiger partial charge in [-0.2, -0.15) is 0 Å². The van der Waals surface area contributed by atoms with Crippen LogP contribution in [0, 0.1) is 0 Å². The van der Waals surface area contributed by atoms with Gasteiger partial charge in [0.25, 0.3) is 0 Å². The third-order valence-corrected chi connectivity index (χ3v) is 3.66.